The Labute approximate surface area is 344 Å². The van der Waals surface area contributed by atoms with Crippen LogP contribution in [-0.2, 0) is 10.8 Å². The average Bonchev–Trinajstić information content (AvgIpc) is 3.24. The summed E-state index contributed by atoms with van der Waals surface area (Å²) >= 11 is 0. The van der Waals surface area contributed by atoms with Gasteiger partial charge in [-0.1, -0.05) is 187 Å². The molecule has 9 aromatic carbocycles. The number of fused-ring (bicyclic) bond motifs is 6. The fourth-order valence-electron chi connectivity index (χ4n) is 8.66. The Morgan fingerprint density at radius 2 is 0.810 bits per heavy atom. The van der Waals surface area contributed by atoms with Gasteiger partial charge in [0.15, 0.2) is 0 Å². The van der Waals surface area contributed by atoms with Crippen molar-refractivity contribution in [2.75, 3.05) is 4.90 Å². The summed E-state index contributed by atoms with van der Waals surface area (Å²) in [7, 11) is 0. The second-order valence-corrected chi connectivity index (χ2v) is 17.9. The van der Waals surface area contributed by atoms with Gasteiger partial charge in [0.25, 0.3) is 0 Å². The molecule has 0 atom stereocenters. The van der Waals surface area contributed by atoms with E-state index in [-0.39, 0.29) is 10.8 Å². The molecule has 0 amide bonds. The van der Waals surface area contributed by atoms with E-state index >= 15 is 0 Å². The van der Waals surface area contributed by atoms with Gasteiger partial charge >= 0.3 is 0 Å². The molecule has 0 bridgehead atoms. The van der Waals surface area contributed by atoms with Crippen LogP contribution in [0.5, 0.6) is 0 Å². The molecule has 0 aliphatic heterocycles. The van der Waals surface area contributed by atoms with Crippen LogP contribution in [0.4, 0.5) is 17.1 Å². The number of rotatable bonds is 6. The molecule has 1 nitrogen and oxygen atoms in total. The summed E-state index contributed by atoms with van der Waals surface area (Å²) in [5, 5.41) is 7.54. The molecule has 9 aromatic rings. The van der Waals surface area contributed by atoms with Crippen molar-refractivity contribution in [3.05, 3.63) is 199 Å². The minimum atomic E-state index is 0.0625. The zero-order valence-electron chi connectivity index (χ0n) is 34.8. The minimum Gasteiger partial charge on any atom is -0.310 e. The summed E-state index contributed by atoms with van der Waals surface area (Å²) in [6, 6.07) is 67.9. The maximum atomic E-state index is 2.44. The van der Waals surface area contributed by atoms with Crippen molar-refractivity contribution in [1.82, 2.24) is 0 Å². The third kappa shape index (κ3) is 6.75. The Bertz CT molecular complexity index is 2850. The second-order valence-electron chi connectivity index (χ2n) is 17.9. The molecule has 0 aliphatic carbocycles. The van der Waals surface area contributed by atoms with Crippen LogP contribution in [0.15, 0.2) is 182 Å². The average molecular weight is 750 g/mol. The first-order valence-corrected chi connectivity index (χ1v) is 20.6. The SMILES string of the molecule is Cc1ccc(-c2c(-c3ccccc3)cc(-c3ccccc3)c3c4ccccc4c4cc(N(c5ccc(C(C)(C)C)cc5)c5ccc(C(C)(C)C)cc5)ccc4c23)cc1. The largest absolute Gasteiger partial charge is 0.310 e. The zero-order valence-corrected chi connectivity index (χ0v) is 34.8. The molecule has 0 aliphatic rings. The van der Waals surface area contributed by atoms with Crippen molar-refractivity contribution < 1.29 is 0 Å². The molecule has 0 fully saturated rings. The number of hydrogen-bond donors (Lipinski definition) is 0. The van der Waals surface area contributed by atoms with Crippen LogP contribution in [0.3, 0.4) is 0 Å². The molecule has 0 saturated carbocycles. The number of benzene rings is 9. The van der Waals surface area contributed by atoms with Crippen LogP contribution in [0, 0.1) is 6.92 Å². The van der Waals surface area contributed by atoms with Crippen LogP contribution in [0.25, 0.3) is 65.7 Å². The van der Waals surface area contributed by atoms with Gasteiger partial charge in [0.2, 0.25) is 0 Å². The highest BCUT2D eigenvalue weighted by molar-refractivity contribution is 6.33. The first kappa shape index (κ1) is 37.2. The quantitative estimate of drug-likeness (QED) is 0.153. The Kier molecular flexibility index (Phi) is 9.29. The van der Waals surface area contributed by atoms with E-state index in [4.69, 9.17) is 0 Å². The fourth-order valence-corrected chi connectivity index (χ4v) is 8.66. The molecule has 0 saturated heterocycles. The number of anilines is 3. The molecule has 58 heavy (non-hydrogen) atoms. The number of aryl methyl sites for hydroxylation is 1. The van der Waals surface area contributed by atoms with Gasteiger partial charge in [0, 0.05) is 17.1 Å². The Balaban J connectivity index is 1.40. The van der Waals surface area contributed by atoms with E-state index in [0.29, 0.717) is 0 Å². The van der Waals surface area contributed by atoms with Gasteiger partial charge in [-0.3, -0.25) is 0 Å². The molecule has 1 heteroatoms. The van der Waals surface area contributed by atoms with E-state index in [1.807, 2.05) is 0 Å². The standard InChI is InChI=1S/C57H51N/c1-38-22-24-41(25-23-38)53-50(39-16-10-8-11-17-39)37-51(40-18-12-9-13-19-40)54-48-21-15-14-20-47(48)52-36-46(34-35-49(52)55(53)54)58(44-30-26-42(27-31-44)56(2,3)4)45-32-28-43(29-33-45)57(5,6)7/h8-37H,1-7H3. The Morgan fingerprint density at radius 3 is 1.34 bits per heavy atom. The smallest absolute Gasteiger partial charge is 0.0468 e. The van der Waals surface area contributed by atoms with E-state index in [1.54, 1.807) is 0 Å². The summed E-state index contributed by atoms with van der Waals surface area (Å²) in [5.41, 5.74) is 14.8. The third-order valence-corrected chi connectivity index (χ3v) is 11.8. The lowest BCUT2D eigenvalue weighted by Gasteiger charge is -2.29. The predicted octanol–water partition coefficient (Wildman–Crippen LogP) is 16.5. The first-order chi connectivity index (χ1) is 28.0. The van der Waals surface area contributed by atoms with Gasteiger partial charge in [-0.05, 0) is 137 Å². The molecular weight excluding hydrogens is 699 g/mol. The highest BCUT2D eigenvalue weighted by atomic mass is 15.1. The van der Waals surface area contributed by atoms with E-state index in [1.165, 1.54) is 82.4 Å². The van der Waals surface area contributed by atoms with Gasteiger partial charge in [0.05, 0.1) is 0 Å². The predicted molar refractivity (Wildman–Crippen MR) is 252 cm³/mol. The minimum absolute atomic E-state index is 0.0625. The Hall–Kier alpha value is -6.44. The molecule has 0 spiro atoms. The van der Waals surface area contributed by atoms with Gasteiger partial charge in [-0.25, -0.2) is 0 Å². The highest BCUT2D eigenvalue weighted by Crippen LogP contribution is 2.50. The van der Waals surface area contributed by atoms with E-state index in [2.05, 4.69) is 235 Å². The van der Waals surface area contributed by atoms with Crippen molar-refractivity contribution >= 4 is 49.4 Å². The zero-order chi connectivity index (χ0) is 40.2. The summed E-state index contributed by atoms with van der Waals surface area (Å²) in [4.78, 5) is 2.42. The van der Waals surface area contributed by atoms with Crippen molar-refractivity contribution in [1.29, 1.82) is 0 Å². The molecule has 0 heterocycles. The molecule has 0 aromatic heterocycles. The Morgan fingerprint density at radius 1 is 0.345 bits per heavy atom. The van der Waals surface area contributed by atoms with E-state index < -0.39 is 0 Å². The summed E-state index contributed by atoms with van der Waals surface area (Å²) in [5.74, 6) is 0. The topological polar surface area (TPSA) is 3.24 Å². The van der Waals surface area contributed by atoms with Gasteiger partial charge in [-0.2, -0.15) is 0 Å². The van der Waals surface area contributed by atoms with Crippen molar-refractivity contribution in [2.45, 2.75) is 59.3 Å². The molecule has 0 unspecified atom stereocenters. The van der Waals surface area contributed by atoms with Crippen LogP contribution < -0.4 is 4.90 Å². The fraction of sp³-hybridized carbons (Fsp3) is 0.158. The molecular formula is C57H51N. The lowest BCUT2D eigenvalue weighted by molar-refractivity contribution is 0.590. The van der Waals surface area contributed by atoms with Crippen LogP contribution >= 0.6 is 0 Å². The maximum absolute atomic E-state index is 2.44. The van der Waals surface area contributed by atoms with Gasteiger partial charge in [-0.15, -0.1) is 0 Å². The van der Waals surface area contributed by atoms with Crippen LogP contribution in [-0.4, -0.2) is 0 Å². The molecule has 0 radical (unpaired) electrons. The number of hydrogen-bond acceptors (Lipinski definition) is 1. The van der Waals surface area contributed by atoms with E-state index in [9.17, 15) is 0 Å². The van der Waals surface area contributed by atoms with Crippen molar-refractivity contribution in [3.8, 4) is 33.4 Å². The summed E-state index contributed by atoms with van der Waals surface area (Å²) in [6.07, 6.45) is 0. The lowest BCUT2D eigenvalue weighted by Crippen LogP contribution is -2.14. The number of nitrogens with zero attached hydrogens (tertiary/aromatic N) is 1. The lowest BCUT2D eigenvalue weighted by atomic mass is 9.81. The molecule has 9 rings (SSSR count). The maximum Gasteiger partial charge on any atom is 0.0468 e. The van der Waals surface area contributed by atoms with Crippen molar-refractivity contribution in [3.63, 3.8) is 0 Å². The van der Waals surface area contributed by atoms with Gasteiger partial charge < -0.3 is 4.90 Å². The van der Waals surface area contributed by atoms with E-state index in [0.717, 1.165) is 17.1 Å². The normalized spacial score (nSPS) is 12.1. The molecule has 284 valence electrons. The second kappa shape index (κ2) is 14.5. The van der Waals surface area contributed by atoms with Crippen LogP contribution in [0.1, 0.15) is 58.2 Å². The van der Waals surface area contributed by atoms with Gasteiger partial charge in [0.1, 0.15) is 0 Å². The third-order valence-electron chi connectivity index (χ3n) is 11.8. The molecule has 0 N–H and O–H groups in total. The first-order valence-electron chi connectivity index (χ1n) is 20.6. The monoisotopic (exact) mass is 749 g/mol. The van der Waals surface area contributed by atoms with Crippen molar-refractivity contribution in [2.24, 2.45) is 0 Å². The summed E-state index contributed by atoms with van der Waals surface area (Å²) in [6.45, 7) is 15.8. The highest BCUT2D eigenvalue weighted by Gasteiger charge is 2.24. The summed E-state index contributed by atoms with van der Waals surface area (Å²) < 4.78 is 0. The van der Waals surface area contributed by atoms with Crippen LogP contribution in [0.2, 0.25) is 0 Å².